The van der Waals surface area contributed by atoms with E-state index in [1.807, 2.05) is 24.3 Å². The third-order valence-corrected chi connectivity index (χ3v) is 6.49. The number of amides is 2. The van der Waals surface area contributed by atoms with Crippen LogP contribution in [0, 0.1) is 0 Å². The summed E-state index contributed by atoms with van der Waals surface area (Å²) in [5, 5.41) is 3.36. The molecular formula is C26H27ClF3N3O2. The summed E-state index contributed by atoms with van der Waals surface area (Å²) in [5.41, 5.74) is 0.521. The van der Waals surface area contributed by atoms with Gasteiger partial charge in [-0.3, -0.25) is 0 Å². The zero-order chi connectivity index (χ0) is 24.8. The molecule has 9 heteroatoms. The molecule has 1 aliphatic rings. The smallest absolute Gasteiger partial charge is 0.416 e. The Bertz CT molecular complexity index is 1100. The van der Waals surface area contributed by atoms with Crippen LogP contribution >= 0.6 is 11.6 Å². The number of hydrogen-bond acceptors (Lipinski definition) is 3. The van der Waals surface area contributed by atoms with E-state index in [0.29, 0.717) is 5.76 Å². The van der Waals surface area contributed by atoms with Gasteiger partial charge in [0.2, 0.25) is 0 Å². The van der Waals surface area contributed by atoms with Crippen molar-refractivity contribution in [2.45, 2.75) is 38.0 Å². The van der Waals surface area contributed by atoms with E-state index in [0.717, 1.165) is 56.1 Å². The first-order valence-electron chi connectivity index (χ1n) is 11.5. The van der Waals surface area contributed by atoms with Crippen molar-refractivity contribution in [1.29, 1.82) is 0 Å². The maximum atomic E-state index is 13.2. The molecule has 1 fully saturated rings. The van der Waals surface area contributed by atoms with Gasteiger partial charge in [-0.15, -0.1) is 0 Å². The van der Waals surface area contributed by atoms with Crippen molar-refractivity contribution < 1.29 is 22.4 Å². The molecule has 2 aromatic carbocycles. The highest BCUT2D eigenvalue weighted by Gasteiger charge is 2.32. The van der Waals surface area contributed by atoms with Crippen molar-refractivity contribution in [2.75, 3.05) is 25.0 Å². The lowest BCUT2D eigenvalue weighted by Crippen LogP contribution is -2.48. The van der Waals surface area contributed by atoms with Crippen LogP contribution in [-0.2, 0) is 19.1 Å². The summed E-state index contributed by atoms with van der Waals surface area (Å²) in [4.78, 5) is 17.2. The predicted octanol–water partition coefficient (Wildman–Crippen LogP) is 6.69. The van der Waals surface area contributed by atoms with Crippen LogP contribution in [0.5, 0.6) is 0 Å². The van der Waals surface area contributed by atoms with E-state index in [4.69, 9.17) is 16.0 Å². The fourth-order valence-corrected chi connectivity index (χ4v) is 4.42. The number of benzene rings is 2. The first-order valence-corrected chi connectivity index (χ1v) is 11.9. The molecule has 1 aliphatic heterocycles. The van der Waals surface area contributed by atoms with Gasteiger partial charge in [0.05, 0.1) is 18.4 Å². The number of nitrogens with zero attached hydrogens (tertiary/aromatic N) is 2. The van der Waals surface area contributed by atoms with Crippen molar-refractivity contribution in [3.63, 3.8) is 0 Å². The van der Waals surface area contributed by atoms with E-state index in [9.17, 15) is 18.0 Å². The molecule has 35 heavy (non-hydrogen) atoms. The maximum absolute atomic E-state index is 13.2. The molecule has 1 N–H and O–H groups in total. The van der Waals surface area contributed by atoms with Gasteiger partial charge >= 0.3 is 12.2 Å². The Hall–Kier alpha value is -2.97. The monoisotopic (exact) mass is 505 g/mol. The Labute approximate surface area is 207 Å². The van der Waals surface area contributed by atoms with Crippen LogP contribution in [-0.4, -0.2) is 41.5 Å². The second-order valence-corrected chi connectivity index (χ2v) is 9.10. The third kappa shape index (κ3) is 7.02. The van der Waals surface area contributed by atoms with Crippen LogP contribution in [0.4, 0.5) is 23.7 Å². The molecule has 5 nitrogen and oxygen atoms in total. The minimum Gasteiger partial charge on any atom is -0.467 e. The van der Waals surface area contributed by atoms with Crippen LogP contribution in [0.2, 0.25) is 5.02 Å². The fraction of sp³-hybridized carbons (Fsp3) is 0.346. The molecule has 0 aliphatic carbocycles. The summed E-state index contributed by atoms with van der Waals surface area (Å²) in [6.45, 7) is 2.80. The molecule has 2 heterocycles. The molecule has 2 amide bonds. The lowest BCUT2D eigenvalue weighted by atomic mass is 10.0. The van der Waals surface area contributed by atoms with E-state index in [-0.39, 0.29) is 18.3 Å². The summed E-state index contributed by atoms with van der Waals surface area (Å²) in [5.74, 6) is 0.620. The minimum atomic E-state index is -4.48. The quantitative estimate of drug-likeness (QED) is 0.389. The predicted molar refractivity (Wildman–Crippen MR) is 129 cm³/mol. The van der Waals surface area contributed by atoms with E-state index < -0.39 is 17.8 Å². The van der Waals surface area contributed by atoms with Crippen molar-refractivity contribution >= 4 is 23.3 Å². The van der Waals surface area contributed by atoms with Crippen LogP contribution in [0.3, 0.4) is 0 Å². The molecule has 0 unspecified atom stereocenters. The van der Waals surface area contributed by atoms with Crippen LogP contribution in [0.1, 0.15) is 29.7 Å². The molecule has 0 bridgehead atoms. The van der Waals surface area contributed by atoms with Crippen molar-refractivity contribution in [3.05, 3.63) is 88.8 Å². The number of piperidine rings is 1. The molecule has 4 rings (SSSR count). The van der Waals surface area contributed by atoms with Gasteiger partial charge in [0.25, 0.3) is 0 Å². The van der Waals surface area contributed by atoms with Crippen LogP contribution in [0.25, 0.3) is 0 Å². The fourth-order valence-electron chi connectivity index (χ4n) is 4.30. The highest BCUT2D eigenvalue weighted by molar-refractivity contribution is 6.30. The first kappa shape index (κ1) is 25.1. The van der Waals surface area contributed by atoms with Crippen molar-refractivity contribution in [3.8, 4) is 0 Å². The second-order valence-electron chi connectivity index (χ2n) is 8.67. The second kappa shape index (κ2) is 11.2. The normalized spacial score (nSPS) is 15.2. The highest BCUT2D eigenvalue weighted by Crippen LogP contribution is 2.31. The van der Waals surface area contributed by atoms with Crippen LogP contribution in [0.15, 0.2) is 71.3 Å². The summed E-state index contributed by atoms with van der Waals surface area (Å²) in [6.07, 6.45) is -0.506. The topological polar surface area (TPSA) is 48.7 Å². The molecular weight excluding hydrogens is 479 g/mol. The zero-order valence-electron chi connectivity index (χ0n) is 19.1. The average Bonchev–Trinajstić information content (AvgIpc) is 3.36. The largest absolute Gasteiger partial charge is 0.467 e. The standard InChI is InChI=1S/C26H27ClF3N3O2/c27-21-8-6-19(7-9-21)10-13-32-14-11-23(12-15-32)33(18-24-5-2-16-35-24)25(34)31-22-4-1-3-20(17-22)26(28,29)30/h1-9,16-17,23H,10-15,18H2,(H,31,34). The van der Waals surface area contributed by atoms with Gasteiger partial charge in [-0.05, 0) is 67.3 Å². The summed E-state index contributed by atoms with van der Waals surface area (Å²) < 4.78 is 44.7. The van der Waals surface area contributed by atoms with Gasteiger partial charge in [-0.2, -0.15) is 13.2 Å². The van der Waals surface area contributed by atoms with E-state index in [2.05, 4.69) is 10.2 Å². The number of furan rings is 1. The molecule has 1 aromatic heterocycles. The van der Waals surface area contributed by atoms with Gasteiger partial charge in [0.1, 0.15) is 5.76 Å². The maximum Gasteiger partial charge on any atom is 0.416 e. The molecule has 1 saturated heterocycles. The van der Waals surface area contributed by atoms with Gasteiger partial charge in [0, 0.05) is 36.4 Å². The Kier molecular flexibility index (Phi) is 8.03. The van der Waals surface area contributed by atoms with Crippen molar-refractivity contribution in [2.24, 2.45) is 0 Å². The number of nitrogens with one attached hydrogen (secondary N) is 1. The minimum absolute atomic E-state index is 0.0577. The zero-order valence-corrected chi connectivity index (χ0v) is 19.9. The van der Waals surface area contributed by atoms with Crippen molar-refractivity contribution in [1.82, 2.24) is 9.80 Å². The number of carbonyl (C=O) groups is 1. The molecule has 0 atom stereocenters. The number of carbonyl (C=O) groups excluding carboxylic acids is 1. The summed E-state index contributed by atoms with van der Waals surface area (Å²) in [6, 6.07) is 15.5. The number of anilines is 1. The first-order chi connectivity index (χ1) is 16.8. The molecule has 3 aromatic rings. The third-order valence-electron chi connectivity index (χ3n) is 6.24. The van der Waals surface area contributed by atoms with E-state index in [1.54, 1.807) is 17.0 Å². The molecule has 0 saturated carbocycles. The van der Waals surface area contributed by atoms with Gasteiger partial charge in [-0.25, -0.2) is 4.79 Å². The lowest BCUT2D eigenvalue weighted by Gasteiger charge is -2.38. The van der Waals surface area contributed by atoms with E-state index >= 15 is 0 Å². The summed E-state index contributed by atoms with van der Waals surface area (Å²) in [7, 11) is 0. The number of urea groups is 1. The number of alkyl halides is 3. The molecule has 0 radical (unpaired) electrons. The number of halogens is 4. The van der Waals surface area contributed by atoms with Gasteiger partial charge in [0.15, 0.2) is 0 Å². The SMILES string of the molecule is O=C(Nc1cccc(C(F)(F)F)c1)N(Cc1ccco1)C1CCN(CCc2ccc(Cl)cc2)CC1. The Morgan fingerprint density at radius 3 is 2.49 bits per heavy atom. The Morgan fingerprint density at radius 2 is 1.83 bits per heavy atom. The van der Waals surface area contributed by atoms with Crippen LogP contribution < -0.4 is 5.32 Å². The molecule has 0 spiro atoms. The van der Waals surface area contributed by atoms with Gasteiger partial charge in [-0.1, -0.05) is 29.8 Å². The Morgan fingerprint density at radius 1 is 1.09 bits per heavy atom. The number of rotatable bonds is 7. The molecule has 186 valence electrons. The number of likely N-dealkylation sites (tertiary alicyclic amines) is 1. The number of hydrogen-bond donors (Lipinski definition) is 1. The van der Waals surface area contributed by atoms with Gasteiger partial charge < -0.3 is 19.5 Å². The Balaban J connectivity index is 1.39. The highest BCUT2D eigenvalue weighted by atomic mass is 35.5. The lowest BCUT2D eigenvalue weighted by molar-refractivity contribution is -0.137. The summed E-state index contributed by atoms with van der Waals surface area (Å²) >= 11 is 5.96. The van der Waals surface area contributed by atoms with E-state index in [1.165, 1.54) is 24.0 Å². The average molecular weight is 506 g/mol.